The first-order valence-corrected chi connectivity index (χ1v) is 8.59. The molecule has 2 aliphatic rings. The average molecular weight is 328 g/mol. The van der Waals surface area contributed by atoms with Gasteiger partial charge in [-0.2, -0.15) is 0 Å². The highest BCUT2D eigenvalue weighted by molar-refractivity contribution is 6.08. The largest absolute Gasteiger partial charge is 0.356 e. The Morgan fingerprint density at radius 2 is 1.88 bits per heavy atom. The first kappa shape index (κ1) is 16.7. The molecule has 2 atom stereocenters. The lowest BCUT2D eigenvalue weighted by molar-refractivity contribution is -0.140. The Bertz CT molecular complexity index is 668. The van der Waals surface area contributed by atoms with Crippen molar-refractivity contribution in [3.63, 3.8) is 0 Å². The van der Waals surface area contributed by atoms with Crippen LogP contribution in [-0.2, 0) is 19.8 Å². The van der Waals surface area contributed by atoms with Gasteiger partial charge in [0.25, 0.3) is 0 Å². The highest BCUT2D eigenvalue weighted by atomic mass is 16.2. The van der Waals surface area contributed by atoms with Gasteiger partial charge >= 0.3 is 0 Å². The van der Waals surface area contributed by atoms with Crippen molar-refractivity contribution in [3.05, 3.63) is 35.4 Å². The summed E-state index contributed by atoms with van der Waals surface area (Å²) in [6.07, 6.45) is 2.23. The minimum absolute atomic E-state index is 0.0565. The van der Waals surface area contributed by atoms with E-state index in [9.17, 15) is 14.4 Å². The van der Waals surface area contributed by atoms with Crippen LogP contribution in [0, 0.1) is 12.8 Å². The van der Waals surface area contributed by atoms with E-state index < -0.39 is 5.41 Å². The Kier molecular flexibility index (Phi) is 4.43. The number of hydrogen-bond donors (Lipinski definition) is 1. The molecule has 0 radical (unpaired) electrons. The Balaban J connectivity index is 1.76. The average Bonchev–Trinajstić information content (AvgIpc) is 2.70. The van der Waals surface area contributed by atoms with Crippen LogP contribution in [-0.4, -0.2) is 35.7 Å². The summed E-state index contributed by atoms with van der Waals surface area (Å²) in [5.41, 5.74) is 1.25. The van der Waals surface area contributed by atoms with E-state index in [0.29, 0.717) is 19.5 Å². The molecule has 5 nitrogen and oxygen atoms in total. The van der Waals surface area contributed by atoms with Crippen molar-refractivity contribution in [2.75, 3.05) is 13.1 Å². The number of rotatable bonds is 3. The van der Waals surface area contributed by atoms with Gasteiger partial charge < -0.3 is 5.32 Å². The molecule has 5 heteroatoms. The maximum Gasteiger partial charge on any atom is 0.240 e. The summed E-state index contributed by atoms with van der Waals surface area (Å²) in [6, 6.07) is 7.84. The molecule has 0 aromatic heterocycles. The second-order valence-corrected chi connectivity index (χ2v) is 7.23. The zero-order chi connectivity index (χ0) is 17.3. The molecule has 1 aromatic rings. The highest BCUT2D eigenvalue weighted by Gasteiger charge is 2.49. The number of amides is 3. The van der Waals surface area contributed by atoms with Crippen LogP contribution in [0.1, 0.15) is 43.7 Å². The number of aryl methyl sites for hydroxylation is 1. The van der Waals surface area contributed by atoms with Crippen molar-refractivity contribution in [3.8, 4) is 0 Å². The van der Waals surface area contributed by atoms with Gasteiger partial charge in [-0.1, -0.05) is 29.8 Å². The summed E-state index contributed by atoms with van der Waals surface area (Å²) in [6.45, 7) is 4.90. The predicted octanol–water partition coefficient (Wildman–Crippen LogP) is 1.93. The van der Waals surface area contributed by atoms with Gasteiger partial charge in [-0.25, -0.2) is 0 Å². The van der Waals surface area contributed by atoms with E-state index in [1.54, 1.807) is 0 Å². The molecule has 24 heavy (non-hydrogen) atoms. The van der Waals surface area contributed by atoms with E-state index in [1.165, 1.54) is 4.90 Å². The lowest BCUT2D eigenvalue weighted by atomic mass is 9.80. The molecule has 0 spiro atoms. The Labute approximate surface area is 142 Å². The first-order chi connectivity index (χ1) is 11.4. The van der Waals surface area contributed by atoms with Gasteiger partial charge in [-0.15, -0.1) is 0 Å². The smallest absolute Gasteiger partial charge is 0.240 e. The SMILES string of the molecule is Cc1ccc(C2(C)CC(=O)N(CC3CCNC(=O)CC3)C2=O)cc1. The molecule has 1 N–H and O–H groups in total. The zero-order valence-electron chi connectivity index (χ0n) is 14.3. The molecule has 2 aliphatic heterocycles. The number of carbonyl (C=O) groups is 3. The van der Waals surface area contributed by atoms with Crippen LogP contribution in [0.2, 0.25) is 0 Å². The molecule has 0 aliphatic carbocycles. The highest BCUT2D eigenvalue weighted by Crippen LogP contribution is 2.37. The van der Waals surface area contributed by atoms with Crippen LogP contribution in [0.5, 0.6) is 0 Å². The third-order valence-electron chi connectivity index (χ3n) is 5.31. The molecule has 3 rings (SSSR count). The maximum absolute atomic E-state index is 13.0. The van der Waals surface area contributed by atoms with Crippen molar-refractivity contribution in [2.24, 2.45) is 5.92 Å². The molecule has 0 saturated carbocycles. The van der Waals surface area contributed by atoms with E-state index in [4.69, 9.17) is 0 Å². The lowest BCUT2D eigenvalue weighted by Crippen LogP contribution is -2.39. The minimum atomic E-state index is -0.774. The van der Waals surface area contributed by atoms with Crippen LogP contribution in [0.15, 0.2) is 24.3 Å². The van der Waals surface area contributed by atoms with Gasteiger partial charge in [0, 0.05) is 25.9 Å². The van der Waals surface area contributed by atoms with E-state index >= 15 is 0 Å². The topological polar surface area (TPSA) is 66.5 Å². The van der Waals surface area contributed by atoms with E-state index in [-0.39, 0.29) is 30.1 Å². The normalized spacial score (nSPS) is 28.0. The number of benzene rings is 1. The summed E-state index contributed by atoms with van der Waals surface area (Å²) < 4.78 is 0. The van der Waals surface area contributed by atoms with Crippen molar-refractivity contribution >= 4 is 17.7 Å². The third kappa shape index (κ3) is 3.07. The second kappa shape index (κ2) is 6.38. The van der Waals surface area contributed by atoms with E-state index in [1.807, 2.05) is 38.1 Å². The Morgan fingerprint density at radius 1 is 1.17 bits per heavy atom. The maximum atomic E-state index is 13.0. The van der Waals surface area contributed by atoms with Crippen molar-refractivity contribution in [1.82, 2.24) is 10.2 Å². The van der Waals surface area contributed by atoms with Gasteiger partial charge in [-0.05, 0) is 38.2 Å². The quantitative estimate of drug-likeness (QED) is 0.862. The van der Waals surface area contributed by atoms with E-state index in [0.717, 1.165) is 24.0 Å². The first-order valence-electron chi connectivity index (χ1n) is 8.59. The number of likely N-dealkylation sites (tertiary alicyclic amines) is 1. The number of carbonyl (C=O) groups excluding carboxylic acids is 3. The molecule has 3 amide bonds. The minimum Gasteiger partial charge on any atom is -0.356 e. The molecular weight excluding hydrogens is 304 g/mol. The fourth-order valence-electron chi connectivity index (χ4n) is 3.64. The Hall–Kier alpha value is -2.17. The second-order valence-electron chi connectivity index (χ2n) is 7.23. The molecule has 2 heterocycles. The summed E-state index contributed by atoms with van der Waals surface area (Å²) >= 11 is 0. The van der Waals surface area contributed by atoms with Crippen LogP contribution in [0.4, 0.5) is 0 Å². The Morgan fingerprint density at radius 3 is 2.58 bits per heavy atom. The molecule has 0 bridgehead atoms. The standard InChI is InChI=1S/C19H24N2O3/c1-13-3-6-15(7-4-13)19(2)11-17(23)21(18(19)24)12-14-5-8-16(22)20-10-9-14/h3-4,6-7,14H,5,8-12H2,1-2H3,(H,20,22). The molecule has 1 aromatic carbocycles. The van der Waals surface area contributed by atoms with Gasteiger partial charge in [0.1, 0.15) is 0 Å². The number of nitrogens with zero attached hydrogens (tertiary/aromatic N) is 1. The molecule has 2 saturated heterocycles. The molecule has 2 fully saturated rings. The number of nitrogens with one attached hydrogen (secondary N) is 1. The van der Waals surface area contributed by atoms with Crippen molar-refractivity contribution < 1.29 is 14.4 Å². The monoisotopic (exact) mass is 328 g/mol. The van der Waals surface area contributed by atoms with Crippen LogP contribution < -0.4 is 5.32 Å². The fourth-order valence-corrected chi connectivity index (χ4v) is 3.64. The lowest BCUT2D eigenvalue weighted by Gasteiger charge is -2.25. The number of imide groups is 1. The summed E-state index contributed by atoms with van der Waals surface area (Å²) in [5.74, 6) is 0.0322. The predicted molar refractivity (Wildman–Crippen MR) is 90.2 cm³/mol. The fraction of sp³-hybridized carbons (Fsp3) is 0.526. The number of hydrogen-bond acceptors (Lipinski definition) is 3. The van der Waals surface area contributed by atoms with Gasteiger partial charge in [0.15, 0.2) is 0 Å². The zero-order valence-corrected chi connectivity index (χ0v) is 14.3. The van der Waals surface area contributed by atoms with Crippen LogP contribution >= 0.6 is 0 Å². The summed E-state index contributed by atoms with van der Waals surface area (Å²) in [7, 11) is 0. The van der Waals surface area contributed by atoms with E-state index in [2.05, 4.69) is 5.32 Å². The van der Waals surface area contributed by atoms with Gasteiger partial charge in [0.05, 0.1) is 5.41 Å². The molecule has 128 valence electrons. The van der Waals surface area contributed by atoms with Crippen molar-refractivity contribution in [2.45, 2.75) is 44.9 Å². The summed E-state index contributed by atoms with van der Waals surface area (Å²) in [4.78, 5) is 38.3. The molecular formula is C19H24N2O3. The van der Waals surface area contributed by atoms with Gasteiger partial charge in [-0.3, -0.25) is 19.3 Å². The third-order valence-corrected chi connectivity index (χ3v) is 5.31. The van der Waals surface area contributed by atoms with Gasteiger partial charge in [0.2, 0.25) is 17.7 Å². The summed E-state index contributed by atoms with van der Waals surface area (Å²) in [5, 5.41) is 2.84. The van der Waals surface area contributed by atoms with Crippen LogP contribution in [0.3, 0.4) is 0 Å². The van der Waals surface area contributed by atoms with Crippen molar-refractivity contribution in [1.29, 1.82) is 0 Å². The molecule has 2 unspecified atom stereocenters. The van der Waals surface area contributed by atoms with Crippen LogP contribution in [0.25, 0.3) is 0 Å².